The lowest BCUT2D eigenvalue weighted by molar-refractivity contribution is -0.118. The van der Waals surface area contributed by atoms with Gasteiger partial charge in [0.15, 0.2) is 12.9 Å². The molecule has 2 aromatic rings. The van der Waals surface area contributed by atoms with Crippen LogP contribution in [0.1, 0.15) is 10.4 Å². The van der Waals surface area contributed by atoms with Gasteiger partial charge in [0.2, 0.25) is 0 Å². The van der Waals surface area contributed by atoms with Crippen molar-refractivity contribution < 1.29 is 19.1 Å². The second-order valence-electron chi connectivity index (χ2n) is 4.37. The molecule has 0 saturated carbocycles. The summed E-state index contributed by atoms with van der Waals surface area (Å²) in [6, 6.07) is 11.5. The number of hydrogen-bond acceptors (Lipinski definition) is 4. The molecule has 0 fully saturated rings. The number of amides is 1. The minimum Gasteiger partial charge on any atom is -0.497 e. The normalized spacial score (nSPS) is 9.91. The van der Waals surface area contributed by atoms with Gasteiger partial charge >= 0.3 is 0 Å². The number of carbonyl (C=O) groups excluding carboxylic acids is 2. The fourth-order valence-electron chi connectivity index (χ4n) is 1.75. The van der Waals surface area contributed by atoms with E-state index in [2.05, 4.69) is 5.32 Å². The Balaban J connectivity index is 1.96. The van der Waals surface area contributed by atoms with Crippen molar-refractivity contribution in [2.24, 2.45) is 0 Å². The minimum absolute atomic E-state index is 0.213. The molecule has 22 heavy (non-hydrogen) atoms. The van der Waals surface area contributed by atoms with Crippen LogP contribution >= 0.6 is 11.6 Å². The summed E-state index contributed by atoms with van der Waals surface area (Å²) in [7, 11) is 1.50. The summed E-state index contributed by atoms with van der Waals surface area (Å²) in [5, 5.41) is 3.25. The van der Waals surface area contributed by atoms with Crippen molar-refractivity contribution >= 4 is 29.5 Å². The van der Waals surface area contributed by atoms with E-state index in [1.165, 1.54) is 7.11 Å². The van der Waals surface area contributed by atoms with E-state index in [0.29, 0.717) is 34.1 Å². The van der Waals surface area contributed by atoms with E-state index in [-0.39, 0.29) is 12.5 Å². The lowest BCUT2D eigenvalue weighted by Crippen LogP contribution is -2.20. The van der Waals surface area contributed by atoms with Crippen molar-refractivity contribution in [3.8, 4) is 11.5 Å². The maximum atomic E-state index is 11.8. The van der Waals surface area contributed by atoms with E-state index in [0.717, 1.165) is 0 Å². The van der Waals surface area contributed by atoms with Gasteiger partial charge in [0.05, 0.1) is 12.7 Å². The van der Waals surface area contributed by atoms with Gasteiger partial charge in [-0.05, 0) is 42.5 Å². The summed E-state index contributed by atoms with van der Waals surface area (Å²) >= 11 is 5.77. The van der Waals surface area contributed by atoms with Gasteiger partial charge in [-0.3, -0.25) is 9.59 Å². The molecular weight excluding hydrogens is 306 g/mol. The van der Waals surface area contributed by atoms with Crippen molar-refractivity contribution in [3.05, 3.63) is 53.1 Å². The fraction of sp³-hybridized carbons (Fsp3) is 0.125. The number of hydrogen-bond donors (Lipinski definition) is 1. The van der Waals surface area contributed by atoms with E-state index < -0.39 is 0 Å². The highest BCUT2D eigenvalue weighted by Gasteiger charge is 2.08. The van der Waals surface area contributed by atoms with Crippen molar-refractivity contribution in [3.63, 3.8) is 0 Å². The van der Waals surface area contributed by atoms with E-state index in [1.54, 1.807) is 42.5 Å². The quantitative estimate of drug-likeness (QED) is 0.831. The molecule has 2 rings (SSSR count). The molecule has 5 nitrogen and oxygen atoms in total. The van der Waals surface area contributed by atoms with Crippen molar-refractivity contribution in [1.29, 1.82) is 0 Å². The number of methoxy groups -OCH3 is 1. The van der Waals surface area contributed by atoms with E-state index >= 15 is 0 Å². The minimum atomic E-state index is -0.338. The molecule has 1 N–H and O–H groups in total. The van der Waals surface area contributed by atoms with Crippen LogP contribution < -0.4 is 14.8 Å². The molecule has 0 bridgehead atoms. The summed E-state index contributed by atoms with van der Waals surface area (Å²) in [6.07, 6.45) is 0.648. The van der Waals surface area contributed by atoms with Crippen LogP contribution in [0.15, 0.2) is 42.5 Å². The van der Waals surface area contributed by atoms with E-state index in [4.69, 9.17) is 21.1 Å². The topological polar surface area (TPSA) is 64.6 Å². The molecule has 0 aliphatic rings. The summed E-state index contributed by atoms with van der Waals surface area (Å²) in [5.41, 5.74) is 0.932. The molecule has 0 heterocycles. The third kappa shape index (κ3) is 4.23. The third-order valence-corrected chi connectivity index (χ3v) is 3.08. The van der Waals surface area contributed by atoms with Crippen molar-refractivity contribution in [2.45, 2.75) is 0 Å². The Bertz CT molecular complexity index is 670. The second-order valence-corrected chi connectivity index (χ2v) is 4.80. The van der Waals surface area contributed by atoms with Gasteiger partial charge in [-0.2, -0.15) is 0 Å². The molecule has 2 aromatic carbocycles. The number of nitrogens with one attached hydrogen (secondary N) is 1. The van der Waals surface area contributed by atoms with Crippen molar-refractivity contribution in [1.82, 2.24) is 0 Å². The van der Waals surface area contributed by atoms with Gasteiger partial charge in [-0.1, -0.05) is 11.6 Å². The third-order valence-electron chi connectivity index (χ3n) is 2.83. The molecule has 0 saturated heterocycles. The number of ether oxygens (including phenoxy) is 2. The van der Waals surface area contributed by atoms with Crippen LogP contribution in [0.2, 0.25) is 5.02 Å². The van der Waals surface area contributed by atoms with Gasteiger partial charge < -0.3 is 14.8 Å². The first-order valence-corrected chi connectivity index (χ1v) is 6.81. The molecule has 0 spiro atoms. The fourth-order valence-corrected chi connectivity index (χ4v) is 1.88. The predicted molar refractivity (Wildman–Crippen MR) is 84.0 cm³/mol. The van der Waals surface area contributed by atoms with Gasteiger partial charge in [0.1, 0.15) is 11.5 Å². The van der Waals surface area contributed by atoms with Crippen LogP contribution in [-0.2, 0) is 4.79 Å². The van der Waals surface area contributed by atoms with E-state index in [9.17, 15) is 9.59 Å². The SMILES string of the molecule is COc1ccc(OCC(=O)Nc2ccc(Cl)cc2)c(C=O)c1. The zero-order valence-electron chi connectivity index (χ0n) is 11.8. The van der Waals surface area contributed by atoms with Gasteiger partial charge in [0.25, 0.3) is 5.91 Å². The molecule has 0 aromatic heterocycles. The van der Waals surface area contributed by atoms with Crippen LogP contribution in [-0.4, -0.2) is 25.9 Å². The van der Waals surface area contributed by atoms with Crippen molar-refractivity contribution in [2.75, 3.05) is 19.0 Å². The molecule has 0 unspecified atom stereocenters. The Morgan fingerprint density at radius 1 is 1.23 bits per heavy atom. The number of rotatable bonds is 6. The first-order chi connectivity index (χ1) is 10.6. The first kappa shape index (κ1) is 15.9. The molecular formula is C16H14ClNO4. The maximum absolute atomic E-state index is 11.8. The zero-order chi connectivity index (χ0) is 15.9. The second kappa shape index (κ2) is 7.47. The summed E-state index contributed by atoms with van der Waals surface area (Å²) < 4.78 is 10.4. The summed E-state index contributed by atoms with van der Waals surface area (Å²) in [4.78, 5) is 22.8. The standard InChI is InChI=1S/C16H14ClNO4/c1-21-14-6-7-15(11(8-14)9-19)22-10-16(20)18-13-4-2-12(17)3-5-13/h2-9H,10H2,1H3,(H,18,20). The van der Waals surface area contributed by atoms with Crippen LogP contribution in [0.5, 0.6) is 11.5 Å². The molecule has 0 radical (unpaired) electrons. The average molecular weight is 320 g/mol. The van der Waals surface area contributed by atoms with Gasteiger partial charge in [-0.25, -0.2) is 0 Å². The predicted octanol–water partition coefficient (Wildman–Crippen LogP) is 3.18. The van der Waals surface area contributed by atoms with Crippen LogP contribution in [0.3, 0.4) is 0 Å². The van der Waals surface area contributed by atoms with Crippen LogP contribution in [0.4, 0.5) is 5.69 Å². The molecule has 0 aliphatic carbocycles. The largest absolute Gasteiger partial charge is 0.497 e. The average Bonchev–Trinajstić information content (AvgIpc) is 2.55. The monoisotopic (exact) mass is 319 g/mol. The molecule has 6 heteroatoms. The number of aldehydes is 1. The molecule has 0 atom stereocenters. The lowest BCUT2D eigenvalue weighted by atomic mass is 10.2. The Morgan fingerprint density at radius 2 is 1.95 bits per heavy atom. The van der Waals surface area contributed by atoms with E-state index in [1.807, 2.05) is 0 Å². The number of benzene rings is 2. The Morgan fingerprint density at radius 3 is 2.59 bits per heavy atom. The molecule has 114 valence electrons. The van der Waals surface area contributed by atoms with Gasteiger partial charge in [0, 0.05) is 10.7 Å². The highest BCUT2D eigenvalue weighted by molar-refractivity contribution is 6.30. The number of carbonyl (C=O) groups is 2. The highest BCUT2D eigenvalue weighted by atomic mass is 35.5. The molecule has 1 amide bonds. The smallest absolute Gasteiger partial charge is 0.262 e. The lowest BCUT2D eigenvalue weighted by Gasteiger charge is -2.10. The summed E-state index contributed by atoms with van der Waals surface area (Å²) in [6.45, 7) is -0.213. The number of halogens is 1. The van der Waals surface area contributed by atoms with Crippen LogP contribution in [0.25, 0.3) is 0 Å². The van der Waals surface area contributed by atoms with Gasteiger partial charge in [-0.15, -0.1) is 0 Å². The maximum Gasteiger partial charge on any atom is 0.262 e. The highest BCUT2D eigenvalue weighted by Crippen LogP contribution is 2.22. The van der Waals surface area contributed by atoms with Crippen LogP contribution in [0, 0.1) is 0 Å². The molecule has 0 aliphatic heterocycles. The summed E-state index contributed by atoms with van der Waals surface area (Å²) in [5.74, 6) is 0.525. The zero-order valence-corrected chi connectivity index (χ0v) is 12.6. The Kier molecular flexibility index (Phi) is 5.38. The Hall–Kier alpha value is -2.53. The Labute approximate surface area is 132 Å². The number of anilines is 1. The first-order valence-electron chi connectivity index (χ1n) is 6.44.